The van der Waals surface area contributed by atoms with Crippen molar-refractivity contribution in [3.63, 3.8) is 0 Å². The Hall–Kier alpha value is -3.12. The largest absolute Gasteiger partial charge is 0.349 e. The van der Waals surface area contributed by atoms with Gasteiger partial charge in [0.2, 0.25) is 0 Å². The molecule has 4 aromatic rings. The van der Waals surface area contributed by atoms with Gasteiger partial charge in [0.1, 0.15) is 11.3 Å². The average molecular weight is 474 g/mol. The van der Waals surface area contributed by atoms with Gasteiger partial charge < -0.3 is 5.32 Å². The Balaban J connectivity index is 1.20. The second-order valence-corrected chi connectivity index (χ2v) is 10.5. The third-order valence-corrected chi connectivity index (χ3v) is 8.05. The maximum absolute atomic E-state index is 14.2. The molecule has 1 aliphatic rings. The number of halogens is 1. The van der Waals surface area contributed by atoms with Crippen LogP contribution in [0.2, 0.25) is 0 Å². The number of carbonyl (C=O) groups is 1. The van der Waals surface area contributed by atoms with Crippen LogP contribution in [0.5, 0.6) is 0 Å². The van der Waals surface area contributed by atoms with Gasteiger partial charge in [-0.3, -0.25) is 9.78 Å². The van der Waals surface area contributed by atoms with E-state index in [4.69, 9.17) is 0 Å². The number of rotatable bonds is 5. The minimum Gasteiger partial charge on any atom is -0.349 e. The maximum Gasteiger partial charge on any atom is 0.251 e. The molecule has 2 aromatic carbocycles. The number of thiazole rings is 1. The Kier molecular flexibility index (Phi) is 6.42. The lowest BCUT2D eigenvalue weighted by molar-refractivity contribution is 0.0918. The summed E-state index contributed by atoms with van der Waals surface area (Å²) in [6, 6.07) is 15.1. The number of pyridine rings is 1. The lowest BCUT2D eigenvalue weighted by Crippen LogP contribution is -2.39. The number of nitrogens with one attached hydrogen (secondary N) is 1. The summed E-state index contributed by atoms with van der Waals surface area (Å²) in [5.74, 6) is 0.538. The molecule has 5 rings (SSSR count). The summed E-state index contributed by atoms with van der Waals surface area (Å²) >= 11 is 1.65. The van der Waals surface area contributed by atoms with Crippen molar-refractivity contribution in [1.82, 2.24) is 15.3 Å². The standard InChI is InChI=1S/C28H28FN3OS/c1-17(32-28(33)22-12-10-21(11-13-22)26-16-31-18(2)34-26)19-6-8-20(9-7-19)23-14-15-30-27-24(23)4-3-5-25(27)29/h3-5,10-17,19-20H,6-9H2,1-2H3,(H,32,33)/t17-,19?,20?/m1/s1. The highest BCUT2D eigenvalue weighted by Gasteiger charge is 2.28. The molecule has 0 bridgehead atoms. The molecule has 0 spiro atoms. The van der Waals surface area contributed by atoms with Crippen molar-refractivity contribution in [2.75, 3.05) is 0 Å². The molecular weight excluding hydrogens is 445 g/mol. The molecule has 1 fully saturated rings. The number of nitrogens with zero attached hydrogens (tertiary/aromatic N) is 2. The molecule has 0 radical (unpaired) electrons. The highest BCUT2D eigenvalue weighted by molar-refractivity contribution is 7.15. The molecule has 0 saturated heterocycles. The molecule has 34 heavy (non-hydrogen) atoms. The van der Waals surface area contributed by atoms with Gasteiger partial charge in [-0.15, -0.1) is 11.3 Å². The van der Waals surface area contributed by atoms with E-state index in [0.29, 0.717) is 22.9 Å². The first-order valence-electron chi connectivity index (χ1n) is 11.9. The number of hydrogen-bond acceptors (Lipinski definition) is 4. The zero-order valence-corrected chi connectivity index (χ0v) is 20.2. The average Bonchev–Trinajstić information content (AvgIpc) is 3.30. The number of fused-ring (bicyclic) bond motifs is 1. The summed E-state index contributed by atoms with van der Waals surface area (Å²) in [7, 11) is 0. The van der Waals surface area contributed by atoms with Gasteiger partial charge in [0.05, 0.1) is 9.88 Å². The summed E-state index contributed by atoms with van der Waals surface area (Å²) in [5, 5.41) is 5.17. The summed E-state index contributed by atoms with van der Waals surface area (Å²) in [5.41, 5.74) is 3.41. The first kappa shape index (κ1) is 22.7. The van der Waals surface area contributed by atoms with Gasteiger partial charge in [-0.25, -0.2) is 9.37 Å². The molecule has 2 aromatic heterocycles. The molecule has 6 heteroatoms. The number of hydrogen-bond donors (Lipinski definition) is 1. The van der Waals surface area contributed by atoms with Crippen molar-refractivity contribution in [2.45, 2.75) is 51.5 Å². The number of para-hydroxylation sites is 1. The molecule has 1 aliphatic carbocycles. The minimum absolute atomic E-state index is 0.0303. The predicted octanol–water partition coefficient (Wildman–Crippen LogP) is 6.90. The molecule has 0 unspecified atom stereocenters. The third-order valence-electron chi connectivity index (χ3n) is 7.09. The second-order valence-electron chi connectivity index (χ2n) is 9.23. The fraction of sp³-hybridized carbons (Fsp3) is 0.321. The smallest absolute Gasteiger partial charge is 0.251 e. The Morgan fingerprint density at radius 3 is 2.53 bits per heavy atom. The second kappa shape index (κ2) is 9.63. The molecule has 1 saturated carbocycles. The van der Waals surface area contributed by atoms with Crippen molar-refractivity contribution >= 4 is 28.1 Å². The Bertz CT molecular complexity index is 1310. The van der Waals surface area contributed by atoms with Crippen LogP contribution in [-0.2, 0) is 0 Å². The SMILES string of the molecule is Cc1ncc(-c2ccc(C(=O)N[C@H](C)C3CCC(c4ccnc5c(F)cccc45)CC3)cc2)s1. The zero-order valence-electron chi connectivity index (χ0n) is 19.4. The summed E-state index contributed by atoms with van der Waals surface area (Å²) in [6.07, 6.45) is 7.73. The molecule has 174 valence electrons. The lowest BCUT2D eigenvalue weighted by Gasteiger charge is -2.33. The van der Waals surface area contributed by atoms with Crippen molar-refractivity contribution in [3.8, 4) is 10.4 Å². The zero-order chi connectivity index (χ0) is 23.7. The molecule has 4 nitrogen and oxygen atoms in total. The van der Waals surface area contributed by atoms with E-state index in [-0.39, 0.29) is 17.8 Å². The van der Waals surface area contributed by atoms with E-state index in [1.54, 1.807) is 23.6 Å². The number of amides is 1. The van der Waals surface area contributed by atoms with E-state index in [2.05, 4.69) is 22.2 Å². The van der Waals surface area contributed by atoms with Crippen LogP contribution in [-0.4, -0.2) is 21.9 Å². The number of aromatic nitrogens is 2. The van der Waals surface area contributed by atoms with Crippen LogP contribution < -0.4 is 5.32 Å². The predicted molar refractivity (Wildman–Crippen MR) is 136 cm³/mol. The van der Waals surface area contributed by atoms with Crippen molar-refractivity contribution in [1.29, 1.82) is 0 Å². The van der Waals surface area contributed by atoms with E-state index in [9.17, 15) is 9.18 Å². The fourth-order valence-electron chi connectivity index (χ4n) is 5.14. The summed E-state index contributed by atoms with van der Waals surface area (Å²) in [4.78, 5) is 22.5. The molecule has 2 heterocycles. The molecule has 1 N–H and O–H groups in total. The maximum atomic E-state index is 14.2. The van der Waals surface area contributed by atoms with Crippen molar-refractivity contribution in [3.05, 3.63) is 82.9 Å². The van der Waals surface area contributed by atoms with Crippen LogP contribution in [0.3, 0.4) is 0 Å². The quantitative estimate of drug-likeness (QED) is 0.343. The van der Waals surface area contributed by atoms with Crippen molar-refractivity contribution in [2.24, 2.45) is 5.92 Å². The molecule has 1 amide bonds. The minimum atomic E-state index is -0.264. The lowest BCUT2D eigenvalue weighted by atomic mass is 9.75. The monoisotopic (exact) mass is 473 g/mol. The first-order valence-corrected chi connectivity index (χ1v) is 12.7. The van der Waals surface area contributed by atoms with Gasteiger partial charge in [0.25, 0.3) is 5.91 Å². The normalized spacial score (nSPS) is 19.1. The Morgan fingerprint density at radius 1 is 1.06 bits per heavy atom. The fourth-order valence-corrected chi connectivity index (χ4v) is 5.92. The number of aryl methyl sites for hydroxylation is 1. The van der Waals surface area contributed by atoms with E-state index in [1.807, 2.05) is 49.5 Å². The van der Waals surface area contributed by atoms with E-state index >= 15 is 0 Å². The number of benzene rings is 2. The molecular formula is C28H28FN3OS. The van der Waals surface area contributed by atoms with E-state index < -0.39 is 0 Å². The summed E-state index contributed by atoms with van der Waals surface area (Å²) < 4.78 is 14.2. The van der Waals surface area contributed by atoms with Crippen LogP contribution in [0, 0.1) is 18.7 Å². The molecule has 0 aliphatic heterocycles. The highest BCUT2D eigenvalue weighted by Crippen LogP contribution is 2.39. The van der Waals surface area contributed by atoms with E-state index in [1.165, 1.54) is 11.6 Å². The van der Waals surface area contributed by atoms with Gasteiger partial charge in [-0.2, -0.15) is 0 Å². The first-order chi connectivity index (χ1) is 16.5. The van der Waals surface area contributed by atoms with Gasteiger partial charge in [-0.1, -0.05) is 24.3 Å². The van der Waals surface area contributed by atoms with Crippen molar-refractivity contribution < 1.29 is 9.18 Å². The van der Waals surface area contributed by atoms with Crippen LogP contribution in [0.1, 0.15) is 59.5 Å². The Morgan fingerprint density at radius 2 is 1.82 bits per heavy atom. The van der Waals surface area contributed by atoms with Crippen LogP contribution in [0.25, 0.3) is 21.3 Å². The number of carbonyl (C=O) groups excluding carboxylic acids is 1. The topological polar surface area (TPSA) is 54.9 Å². The van der Waals surface area contributed by atoms with Crippen LogP contribution in [0.15, 0.2) is 60.9 Å². The highest BCUT2D eigenvalue weighted by atomic mass is 32.1. The van der Waals surface area contributed by atoms with Gasteiger partial charge in [0, 0.05) is 29.4 Å². The molecule has 1 atom stereocenters. The summed E-state index contributed by atoms with van der Waals surface area (Å²) in [6.45, 7) is 4.10. The van der Waals surface area contributed by atoms with Crippen LogP contribution in [0.4, 0.5) is 4.39 Å². The van der Waals surface area contributed by atoms with Gasteiger partial charge in [0.15, 0.2) is 0 Å². The van der Waals surface area contributed by atoms with E-state index in [0.717, 1.165) is 46.5 Å². The Labute approximate surface area is 203 Å². The van der Waals surface area contributed by atoms with Gasteiger partial charge >= 0.3 is 0 Å². The van der Waals surface area contributed by atoms with Gasteiger partial charge in [-0.05, 0) is 86.8 Å². The third kappa shape index (κ3) is 4.60. The van der Waals surface area contributed by atoms with Crippen LogP contribution >= 0.6 is 11.3 Å².